The molecule has 1 fully saturated rings. The van der Waals surface area contributed by atoms with E-state index in [1.54, 1.807) is 12.1 Å². The van der Waals surface area contributed by atoms with Crippen LogP contribution in [0.3, 0.4) is 0 Å². The maximum Gasteiger partial charge on any atom is 0.222 e. The van der Waals surface area contributed by atoms with Gasteiger partial charge in [-0.25, -0.2) is 9.37 Å². The Labute approximate surface area is 169 Å². The van der Waals surface area contributed by atoms with E-state index in [4.69, 9.17) is 10.1 Å². The van der Waals surface area contributed by atoms with Gasteiger partial charge in [-0.2, -0.15) is 9.61 Å². The minimum absolute atomic E-state index is 0.258. The van der Waals surface area contributed by atoms with Crippen molar-refractivity contribution < 1.29 is 9.18 Å². The average Bonchev–Trinajstić information content (AvgIpc) is 3.29. The lowest BCUT2D eigenvalue weighted by Crippen LogP contribution is -2.27. The normalized spacial score (nSPS) is 14.2. The van der Waals surface area contributed by atoms with Crippen molar-refractivity contribution in [2.24, 2.45) is 0 Å². The number of amides is 1. The summed E-state index contributed by atoms with van der Waals surface area (Å²) >= 11 is 0. The zero-order chi connectivity index (χ0) is 20.4. The third kappa shape index (κ3) is 3.95. The van der Waals surface area contributed by atoms with Crippen LogP contribution in [0.4, 0.5) is 10.2 Å². The number of anilines is 1. The van der Waals surface area contributed by atoms with Gasteiger partial charge >= 0.3 is 0 Å². The van der Waals surface area contributed by atoms with Crippen molar-refractivity contribution in [3.8, 4) is 11.1 Å². The summed E-state index contributed by atoms with van der Waals surface area (Å²) in [7, 11) is 0. The predicted molar refractivity (Wildman–Crippen MR) is 111 cm³/mol. The number of likely N-dealkylation sites (tertiary alicyclic amines) is 1. The van der Waals surface area contributed by atoms with Crippen molar-refractivity contribution in [2.45, 2.75) is 39.5 Å². The van der Waals surface area contributed by atoms with Crippen LogP contribution in [0.1, 0.15) is 37.6 Å². The fourth-order valence-corrected chi connectivity index (χ4v) is 3.90. The van der Waals surface area contributed by atoms with Gasteiger partial charge < -0.3 is 10.2 Å². The maximum absolute atomic E-state index is 13.4. The number of nitrogens with zero attached hydrogens (tertiary/aromatic N) is 4. The van der Waals surface area contributed by atoms with Gasteiger partial charge in [-0.1, -0.05) is 19.1 Å². The molecule has 2 aromatic heterocycles. The minimum atomic E-state index is -0.258. The van der Waals surface area contributed by atoms with E-state index in [9.17, 15) is 9.18 Å². The molecule has 1 saturated heterocycles. The quantitative estimate of drug-likeness (QED) is 0.618. The molecule has 0 saturated carbocycles. The molecule has 1 aliphatic heterocycles. The van der Waals surface area contributed by atoms with Gasteiger partial charge in [0.05, 0.1) is 5.69 Å². The molecule has 6 nitrogen and oxygen atoms in total. The molecule has 0 spiro atoms. The molecule has 4 rings (SSSR count). The third-order valence-electron chi connectivity index (χ3n) is 5.34. The van der Waals surface area contributed by atoms with Crippen LogP contribution in [-0.2, 0) is 11.2 Å². The molecule has 3 aromatic rings. The zero-order valence-electron chi connectivity index (χ0n) is 16.9. The van der Waals surface area contributed by atoms with Crippen LogP contribution in [-0.4, -0.2) is 45.0 Å². The molecule has 0 unspecified atom stereocenters. The lowest BCUT2D eigenvalue weighted by atomic mass is 10.0. The summed E-state index contributed by atoms with van der Waals surface area (Å²) in [5.41, 5.74) is 4.45. The number of hydrogen-bond donors (Lipinski definition) is 1. The van der Waals surface area contributed by atoms with Gasteiger partial charge in [-0.3, -0.25) is 4.79 Å². The van der Waals surface area contributed by atoms with Crippen LogP contribution in [0.15, 0.2) is 30.3 Å². The molecule has 0 atom stereocenters. The molecule has 1 aliphatic rings. The van der Waals surface area contributed by atoms with Crippen LogP contribution in [0.5, 0.6) is 0 Å². The molecular formula is C22H26FN5O. The van der Waals surface area contributed by atoms with Gasteiger partial charge in [0, 0.05) is 43.4 Å². The number of nitrogens with one attached hydrogen (secondary N) is 1. The number of carbonyl (C=O) groups is 1. The zero-order valence-corrected chi connectivity index (χ0v) is 16.9. The molecule has 1 amide bonds. The number of fused-ring (bicyclic) bond motifs is 1. The van der Waals surface area contributed by atoms with Crippen LogP contribution >= 0.6 is 0 Å². The van der Waals surface area contributed by atoms with Crippen LogP contribution in [0.2, 0.25) is 0 Å². The monoisotopic (exact) mass is 395 g/mol. The number of halogens is 1. The number of aryl methyl sites for hydroxylation is 2. The van der Waals surface area contributed by atoms with E-state index in [0.717, 1.165) is 72.9 Å². The Morgan fingerprint density at radius 1 is 1.24 bits per heavy atom. The standard InChI is InChI=1S/C22H26FN5O/c1-3-18-21(16-7-9-17(23)10-8-16)22-25-15(2)14-19(28(22)26-18)24-11-5-13-27-12-4-6-20(27)29/h7-10,14,24H,3-6,11-13H2,1-2H3. The van der Waals surface area contributed by atoms with Crippen molar-refractivity contribution in [1.29, 1.82) is 0 Å². The summed E-state index contributed by atoms with van der Waals surface area (Å²) < 4.78 is 15.2. The molecule has 152 valence electrons. The fraction of sp³-hybridized carbons (Fsp3) is 0.409. The molecule has 0 aliphatic carbocycles. The van der Waals surface area contributed by atoms with Crippen molar-refractivity contribution in [1.82, 2.24) is 19.5 Å². The highest BCUT2D eigenvalue weighted by atomic mass is 19.1. The van der Waals surface area contributed by atoms with E-state index in [-0.39, 0.29) is 11.7 Å². The first-order valence-corrected chi connectivity index (χ1v) is 10.2. The average molecular weight is 395 g/mol. The highest BCUT2D eigenvalue weighted by molar-refractivity contribution is 5.81. The molecule has 0 bridgehead atoms. The van der Waals surface area contributed by atoms with Gasteiger partial charge in [0.2, 0.25) is 5.91 Å². The summed E-state index contributed by atoms with van der Waals surface area (Å²) in [5.74, 6) is 0.880. The lowest BCUT2D eigenvalue weighted by molar-refractivity contribution is -0.127. The second kappa shape index (κ2) is 8.19. The Kier molecular flexibility index (Phi) is 5.47. The summed E-state index contributed by atoms with van der Waals surface area (Å²) in [6.07, 6.45) is 3.28. The van der Waals surface area contributed by atoms with E-state index in [1.165, 1.54) is 12.1 Å². The maximum atomic E-state index is 13.4. The van der Waals surface area contributed by atoms with E-state index < -0.39 is 0 Å². The summed E-state index contributed by atoms with van der Waals surface area (Å²) in [4.78, 5) is 18.4. The highest BCUT2D eigenvalue weighted by Crippen LogP contribution is 2.30. The Bertz CT molecular complexity index is 1030. The molecule has 29 heavy (non-hydrogen) atoms. The van der Waals surface area contributed by atoms with Crippen molar-refractivity contribution in [3.63, 3.8) is 0 Å². The Morgan fingerprint density at radius 3 is 2.72 bits per heavy atom. The number of benzene rings is 1. The third-order valence-corrected chi connectivity index (χ3v) is 5.34. The Hall–Kier alpha value is -2.96. The van der Waals surface area contributed by atoms with Crippen LogP contribution in [0.25, 0.3) is 16.8 Å². The minimum Gasteiger partial charge on any atom is -0.370 e. The van der Waals surface area contributed by atoms with Gasteiger partial charge in [-0.05, 0) is 43.9 Å². The molecule has 0 radical (unpaired) electrons. The van der Waals surface area contributed by atoms with Crippen molar-refractivity contribution in [3.05, 3.63) is 47.5 Å². The fourth-order valence-electron chi connectivity index (χ4n) is 3.90. The first-order valence-electron chi connectivity index (χ1n) is 10.2. The number of aromatic nitrogens is 3. The van der Waals surface area contributed by atoms with Crippen molar-refractivity contribution >= 4 is 17.4 Å². The molecule has 1 N–H and O–H groups in total. The van der Waals surface area contributed by atoms with Gasteiger partial charge in [0.25, 0.3) is 0 Å². The largest absolute Gasteiger partial charge is 0.370 e. The Balaban J connectivity index is 1.59. The van der Waals surface area contributed by atoms with Crippen LogP contribution in [0, 0.1) is 12.7 Å². The van der Waals surface area contributed by atoms with E-state index in [1.807, 2.05) is 22.4 Å². The smallest absolute Gasteiger partial charge is 0.222 e. The predicted octanol–water partition coefficient (Wildman–Crippen LogP) is 3.83. The molecule has 3 heterocycles. The highest BCUT2D eigenvalue weighted by Gasteiger charge is 2.20. The van der Waals surface area contributed by atoms with E-state index in [0.29, 0.717) is 6.42 Å². The first kappa shape index (κ1) is 19.4. The topological polar surface area (TPSA) is 62.5 Å². The summed E-state index contributed by atoms with van der Waals surface area (Å²) in [5, 5.41) is 8.23. The van der Waals surface area contributed by atoms with Gasteiger partial charge in [0.15, 0.2) is 5.65 Å². The van der Waals surface area contributed by atoms with Crippen molar-refractivity contribution in [2.75, 3.05) is 25.0 Å². The Morgan fingerprint density at radius 2 is 2.03 bits per heavy atom. The van der Waals surface area contributed by atoms with E-state index in [2.05, 4.69) is 12.2 Å². The van der Waals surface area contributed by atoms with Gasteiger partial charge in [-0.15, -0.1) is 0 Å². The molecular weight excluding hydrogens is 369 g/mol. The summed E-state index contributed by atoms with van der Waals surface area (Å²) in [6.45, 7) is 6.41. The summed E-state index contributed by atoms with van der Waals surface area (Å²) in [6, 6.07) is 8.46. The van der Waals surface area contributed by atoms with Crippen LogP contribution < -0.4 is 5.32 Å². The number of carbonyl (C=O) groups excluding carboxylic acids is 1. The SMILES string of the molecule is CCc1nn2c(NCCCN3CCCC3=O)cc(C)nc2c1-c1ccc(F)cc1. The van der Waals surface area contributed by atoms with Gasteiger partial charge in [0.1, 0.15) is 11.6 Å². The number of rotatable bonds is 7. The molecule has 1 aromatic carbocycles. The number of hydrogen-bond acceptors (Lipinski definition) is 4. The second-order valence-electron chi connectivity index (χ2n) is 7.46. The van der Waals surface area contributed by atoms with E-state index >= 15 is 0 Å². The molecule has 7 heteroatoms. The first-order chi connectivity index (χ1) is 14.1. The lowest BCUT2D eigenvalue weighted by Gasteiger charge is -2.16. The second-order valence-corrected chi connectivity index (χ2v) is 7.46.